The van der Waals surface area contributed by atoms with Crippen LogP contribution in [-0.2, 0) is 16.1 Å². The third kappa shape index (κ3) is 5.01. The number of benzene rings is 1. The Bertz CT molecular complexity index is 649. The van der Waals surface area contributed by atoms with Crippen molar-refractivity contribution in [3.63, 3.8) is 0 Å². The number of pyridine rings is 1. The number of nitrogens with one attached hydrogen (secondary N) is 2. The molecule has 0 atom stereocenters. The summed E-state index contributed by atoms with van der Waals surface area (Å²) in [6, 6.07) is 11.2. The Balaban J connectivity index is 1.82. The average Bonchev–Trinajstić information content (AvgIpc) is 2.45. The molecule has 0 unspecified atom stereocenters. The van der Waals surface area contributed by atoms with Gasteiger partial charge in [-0.15, -0.1) is 0 Å². The molecule has 5 nitrogen and oxygen atoms in total. The molecule has 0 aliphatic heterocycles. The van der Waals surface area contributed by atoms with Crippen LogP contribution in [0, 0.1) is 13.8 Å². The molecule has 2 aromatic rings. The van der Waals surface area contributed by atoms with Gasteiger partial charge in [0.15, 0.2) is 0 Å². The van der Waals surface area contributed by atoms with Crippen LogP contribution in [0.5, 0.6) is 0 Å². The van der Waals surface area contributed by atoms with Gasteiger partial charge in [0.05, 0.1) is 12.2 Å². The fourth-order valence-corrected chi connectivity index (χ4v) is 2.15. The van der Waals surface area contributed by atoms with Gasteiger partial charge >= 0.3 is 0 Å². The van der Waals surface area contributed by atoms with Crippen LogP contribution in [0.3, 0.4) is 0 Å². The Morgan fingerprint density at radius 1 is 1.05 bits per heavy atom. The minimum atomic E-state index is -0.330. The predicted octanol–water partition coefficient (Wildman–Crippen LogP) is 2.34. The monoisotopic (exact) mass is 297 g/mol. The van der Waals surface area contributed by atoms with E-state index in [2.05, 4.69) is 15.6 Å². The number of hydrogen-bond donors (Lipinski definition) is 2. The molecular formula is C17H19N3O2. The maximum atomic E-state index is 11.9. The quantitative estimate of drug-likeness (QED) is 0.832. The molecular weight excluding hydrogens is 278 g/mol. The second kappa shape index (κ2) is 7.36. The second-order valence-electron chi connectivity index (χ2n) is 5.20. The van der Waals surface area contributed by atoms with Crippen molar-refractivity contribution in [1.82, 2.24) is 10.3 Å². The molecule has 0 radical (unpaired) electrons. The predicted molar refractivity (Wildman–Crippen MR) is 85.2 cm³/mol. The van der Waals surface area contributed by atoms with Crippen LogP contribution in [0.2, 0.25) is 0 Å². The highest BCUT2D eigenvalue weighted by Crippen LogP contribution is 2.13. The molecule has 2 N–H and O–H groups in total. The summed E-state index contributed by atoms with van der Waals surface area (Å²) in [5.74, 6) is -0.656. The van der Waals surface area contributed by atoms with Gasteiger partial charge in [-0.25, -0.2) is 0 Å². The van der Waals surface area contributed by atoms with E-state index < -0.39 is 0 Å². The number of rotatable bonds is 5. The van der Waals surface area contributed by atoms with E-state index in [4.69, 9.17) is 0 Å². The first-order chi connectivity index (χ1) is 10.5. The summed E-state index contributed by atoms with van der Waals surface area (Å²) in [6.07, 6.45) is 1.45. The van der Waals surface area contributed by atoms with Gasteiger partial charge in [-0.3, -0.25) is 14.6 Å². The van der Waals surface area contributed by atoms with Crippen LogP contribution in [-0.4, -0.2) is 16.8 Å². The van der Waals surface area contributed by atoms with Crippen molar-refractivity contribution in [2.45, 2.75) is 26.8 Å². The van der Waals surface area contributed by atoms with E-state index >= 15 is 0 Å². The highest BCUT2D eigenvalue weighted by molar-refractivity contribution is 6.03. The van der Waals surface area contributed by atoms with Crippen LogP contribution in [0.25, 0.3) is 0 Å². The minimum Gasteiger partial charge on any atom is -0.350 e. The molecule has 114 valence electrons. The first-order valence-electron chi connectivity index (χ1n) is 7.07. The van der Waals surface area contributed by atoms with Crippen molar-refractivity contribution in [3.05, 3.63) is 59.4 Å². The standard InChI is InChI=1S/C17H19N3O2/c1-12-7-13(2)9-15(8-12)20-17(22)10-16(21)19-11-14-5-3-4-6-18-14/h3-9H,10-11H2,1-2H3,(H,19,21)(H,20,22). The summed E-state index contributed by atoms with van der Waals surface area (Å²) >= 11 is 0. The minimum absolute atomic E-state index is 0.209. The zero-order valence-electron chi connectivity index (χ0n) is 12.7. The molecule has 0 saturated carbocycles. The second-order valence-corrected chi connectivity index (χ2v) is 5.20. The van der Waals surface area contributed by atoms with Gasteiger partial charge in [-0.1, -0.05) is 12.1 Å². The van der Waals surface area contributed by atoms with Crippen molar-refractivity contribution in [3.8, 4) is 0 Å². The van der Waals surface area contributed by atoms with E-state index in [1.165, 1.54) is 0 Å². The molecule has 1 aromatic heterocycles. The Morgan fingerprint density at radius 2 is 1.77 bits per heavy atom. The van der Waals surface area contributed by atoms with E-state index in [9.17, 15) is 9.59 Å². The Kier molecular flexibility index (Phi) is 5.25. The van der Waals surface area contributed by atoms with E-state index in [-0.39, 0.29) is 18.2 Å². The van der Waals surface area contributed by atoms with Crippen molar-refractivity contribution in [2.75, 3.05) is 5.32 Å². The topological polar surface area (TPSA) is 71.1 Å². The summed E-state index contributed by atoms with van der Waals surface area (Å²) < 4.78 is 0. The molecule has 1 aromatic carbocycles. The number of anilines is 1. The van der Waals surface area contributed by atoms with Crippen molar-refractivity contribution < 1.29 is 9.59 Å². The zero-order chi connectivity index (χ0) is 15.9. The first-order valence-corrected chi connectivity index (χ1v) is 7.07. The van der Waals surface area contributed by atoms with E-state index in [0.717, 1.165) is 16.8 Å². The molecule has 0 aliphatic rings. The van der Waals surface area contributed by atoms with Crippen LogP contribution >= 0.6 is 0 Å². The SMILES string of the molecule is Cc1cc(C)cc(NC(=O)CC(=O)NCc2ccccn2)c1. The molecule has 0 spiro atoms. The maximum absolute atomic E-state index is 11.9. The number of amides is 2. The molecule has 22 heavy (non-hydrogen) atoms. The lowest BCUT2D eigenvalue weighted by atomic mass is 10.1. The van der Waals surface area contributed by atoms with E-state index in [0.29, 0.717) is 12.2 Å². The average molecular weight is 297 g/mol. The number of carbonyl (C=O) groups is 2. The molecule has 1 heterocycles. The van der Waals surface area contributed by atoms with Gasteiger partial charge in [0.1, 0.15) is 6.42 Å². The van der Waals surface area contributed by atoms with Crippen molar-refractivity contribution in [2.24, 2.45) is 0 Å². The lowest BCUT2D eigenvalue weighted by molar-refractivity contribution is -0.126. The van der Waals surface area contributed by atoms with E-state index in [1.807, 2.05) is 50.2 Å². The lowest BCUT2D eigenvalue weighted by Crippen LogP contribution is -2.28. The van der Waals surface area contributed by atoms with Gasteiger partial charge in [0, 0.05) is 11.9 Å². The molecule has 0 bridgehead atoms. The summed E-state index contributed by atoms with van der Waals surface area (Å²) in [6.45, 7) is 4.24. The highest BCUT2D eigenvalue weighted by atomic mass is 16.2. The van der Waals surface area contributed by atoms with Crippen LogP contribution in [0.1, 0.15) is 23.2 Å². The summed E-state index contributed by atoms with van der Waals surface area (Å²) in [5.41, 5.74) is 3.59. The van der Waals surface area contributed by atoms with E-state index in [1.54, 1.807) is 6.20 Å². The number of carbonyl (C=O) groups excluding carboxylic acids is 2. The number of aromatic nitrogens is 1. The van der Waals surface area contributed by atoms with Crippen LogP contribution in [0.15, 0.2) is 42.6 Å². The Morgan fingerprint density at radius 3 is 2.41 bits per heavy atom. The third-order valence-electron chi connectivity index (χ3n) is 3.02. The third-order valence-corrected chi connectivity index (χ3v) is 3.02. The van der Waals surface area contributed by atoms with Crippen molar-refractivity contribution in [1.29, 1.82) is 0 Å². The smallest absolute Gasteiger partial charge is 0.233 e. The fraction of sp³-hybridized carbons (Fsp3) is 0.235. The molecule has 0 fully saturated rings. The number of nitrogens with zero attached hydrogens (tertiary/aromatic N) is 1. The van der Waals surface area contributed by atoms with Gasteiger partial charge in [0.2, 0.25) is 11.8 Å². The highest BCUT2D eigenvalue weighted by Gasteiger charge is 2.10. The summed E-state index contributed by atoms with van der Waals surface area (Å²) in [7, 11) is 0. The number of hydrogen-bond acceptors (Lipinski definition) is 3. The van der Waals surface area contributed by atoms with Gasteiger partial charge in [0.25, 0.3) is 0 Å². The van der Waals surface area contributed by atoms with Gasteiger partial charge in [-0.05, 0) is 49.2 Å². The fourth-order valence-electron chi connectivity index (χ4n) is 2.15. The normalized spacial score (nSPS) is 10.1. The van der Waals surface area contributed by atoms with Crippen LogP contribution in [0.4, 0.5) is 5.69 Å². The summed E-state index contributed by atoms with van der Waals surface area (Å²) in [5, 5.41) is 5.41. The first kappa shape index (κ1) is 15.7. The number of aryl methyl sites for hydroxylation is 2. The van der Waals surface area contributed by atoms with Crippen molar-refractivity contribution >= 4 is 17.5 Å². The van der Waals surface area contributed by atoms with Gasteiger partial charge in [-0.2, -0.15) is 0 Å². The summed E-state index contributed by atoms with van der Waals surface area (Å²) in [4.78, 5) is 27.7. The zero-order valence-corrected chi connectivity index (χ0v) is 12.7. The molecule has 2 rings (SSSR count). The molecule has 5 heteroatoms. The Hall–Kier alpha value is -2.69. The maximum Gasteiger partial charge on any atom is 0.233 e. The molecule has 0 aliphatic carbocycles. The lowest BCUT2D eigenvalue weighted by Gasteiger charge is -2.08. The Labute approximate surface area is 129 Å². The molecule has 0 saturated heterocycles. The van der Waals surface area contributed by atoms with Gasteiger partial charge < -0.3 is 10.6 Å². The molecule has 2 amide bonds. The largest absolute Gasteiger partial charge is 0.350 e. The van der Waals surface area contributed by atoms with Crippen LogP contribution < -0.4 is 10.6 Å².